The molecule has 1 fully saturated rings. The van der Waals surface area contributed by atoms with Crippen LogP contribution < -0.4 is 15.4 Å². The Balaban J connectivity index is 0.00000450. The van der Waals surface area contributed by atoms with Crippen LogP contribution in [-0.2, 0) is 9.53 Å². The van der Waals surface area contributed by atoms with E-state index in [-0.39, 0.29) is 36.0 Å². The minimum Gasteiger partial charge on any atom is -0.492 e. The van der Waals surface area contributed by atoms with Crippen LogP contribution in [0.15, 0.2) is 29.3 Å². The maximum Gasteiger partial charge on any atom is 0.409 e. The summed E-state index contributed by atoms with van der Waals surface area (Å²) in [5.74, 6) is 1.37. The van der Waals surface area contributed by atoms with E-state index >= 15 is 0 Å². The number of carbonyl (C=O) groups is 2. The Morgan fingerprint density at radius 2 is 1.83 bits per heavy atom. The summed E-state index contributed by atoms with van der Waals surface area (Å²) in [7, 11) is 0. The molecule has 30 heavy (non-hydrogen) atoms. The van der Waals surface area contributed by atoms with Gasteiger partial charge in [0.15, 0.2) is 5.96 Å². The van der Waals surface area contributed by atoms with Crippen LogP contribution >= 0.6 is 24.0 Å². The molecule has 0 bridgehead atoms. The van der Waals surface area contributed by atoms with Crippen molar-refractivity contribution in [3.8, 4) is 5.75 Å². The van der Waals surface area contributed by atoms with Gasteiger partial charge in [-0.05, 0) is 26.0 Å². The van der Waals surface area contributed by atoms with Crippen LogP contribution in [0.2, 0.25) is 0 Å². The molecule has 2 amide bonds. The molecule has 2 N–H and O–H groups in total. The fraction of sp³-hybridized carbons (Fsp3) is 0.550. The van der Waals surface area contributed by atoms with Crippen molar-refractivity contribution in [2.24, 2.45) is 4.99 Å². The Hall–Kier alpha value is -2.24. The number of anilines is 1. The molecule has 0 aromatic heterocycles. The number of amides is 2. The summed E-state index contributed by atoms with van der Waals surface area (Å²) < 4.78 is 10.8. The van der Waals surface area contributed by atoms with Gasteiger partial charge in [-0.15, -0.1) is 24.0 Å². The zero-order chi connectivity index (χ0) is 21.1. The van der Waals surface area contributed by atoms with E-state index in [0.29, 0.717) is 57.4 Å². The van der Waals surface area contributed by atoms with Gasteiger partial charge in [0.2, 0.25) is 5.91 Å². The number of piperazine rings is 1. The van der Waals surface area contributed by atoms with Gasteiger partial charge in [0.05, 0.1) is 13.2 Å². The molecule has 1 aromatic carbocycles. The van der Waals surface area contributed by atoms with Gasteiger partial charge in [0.25, 0.3) is 0 Å². The highest BCUT2D eigenvalue weighted by molar-refractivity contribution is 14.0. The molecule has 168 valence electrons. The highest BCUT2D eigenvalue weighted by Crippen LogP contribution is 2.17. The Kier molecular flexibility index (Phi) is 11.9. The van der Waals surface area contributed by atoms with Crippen molar-refractivity contribution in [3.63, 3.8) is 0 Å². The number of hydrogen-bond donors (Lipinski definition) is 2. The first-order valence-corrected chi connectivity index (χ1v) is 9.98. The molecule has 0 aliphatic carbocycles. The lowest BCUT2D eigenvalue weighted by Gasteiger charge is -2.35. The maximum absolute atomic E-state index is 11.8. The van der Waals surface area contributed by atoms with Gasteiger partial charge < -0.3 is 29.9 Å². The van der Waals surface area contributed by atoms with Crippen LogP contribution in [0.4, 0.5) is 10.5 Å². The quantitative estimate of drug-likeness (QED) is 0.242. The smallest absolute Gasteiger partial charge is 0.409 e. The van der Waals surface area contributed by atoms with Gasteiger partial charge in [-0.2, -0.15) is 0 Å². The van der Waals surface area contributed by atoms with Crippen LogP contribution in [0, 0.1) is 0 Å². The molecule has 0 radical (unpaired) electrons. The highest BCUT2D eigenvalue weighted by atomic mass is 127. The van der Waals surface area contributed by atoms with Crippen molar-refractivity contribution < 1.29 is 19.1 Å². The molecule has 0 saturated carbocycles. The highest BCUT2D eigenvalue weighted by Gasteiger charge is 2.23. The number of nitrogens with one attached hydrogen (secondary N) is 2. The summed E-state index contributed by atoms with van der Waals surface area (Å²) in [6, 6.07) is 7.27. The van der Waals surface area contributed by atoms with Crippen molar-refractivity contribution in [1.29, 1.82) is 0 Å². The van der Waals surface area contributed by atoms with Gasteiger partial charge in [-0.3, -0.25) is 4.79 Å². The third-order valence-electron chi connectivity index (χ3n) is 4.22. The number of rotatable bonds is 7. The summed E-state index contributed by atoms with van der Waals surface area (Å²) in [4.78, 5) is 31.5. The van der Waals surface area contributed by atoms with Crippen LogP contribution in [0.3, 0.4) is 0 Å². The van der Waals surface area contributed by atoms with Gasteiger partial charge in [0.1, 0.15) is 12.4 Å². The van der Waals surface area contributed by atoms with E-state index in [4.69, 9.17) is 9.47 Å². The Labute approximate surface area is 195 Å². The first-order valence-electron chi connectivity index (χ1n) is 9.98. The average Bonchev–Trinajstić information content (AvgIpc) is 2.70. The summed E-state index contributed by atoms with van der Waals surface area (Å²) >= 11 is 0. The molecule has 10 heteroatoms. The predicted molar refractivity (Wildman–Crippen MR) is 128 cm³/mol. The molecular weight excluding hydrogens is 501 g/mol. The summed E-state index contributed by atoms with van der Waals surface area (Å²) in [5.41, 5.74) is 0.700. The Morgan fingerprint density at radius 1 is 1.13 bits per heavy atom. The van der Waals surface area contributed by atoms with Crippen molar-refractivity contribution in [1.82, 2.24) is 15.1 Å². The first-order chi connectivity index (χ1) is 14.0. The third kappa shape index (κ3) is 8.64. The van der Waals surface area contributed by atoms with Crippen LogP contribution in [0.25, 0.3) is 0 Å². The molecule has 2 rings (SSSR count). The van der Waals surface area contributed by atoms with E-state index in [1.807, 2.05) is 32.0 Å². The van der Waals surface area contributed by atoms with E-state index in [2.05, 4.69) is 20.5 Å². The summed E-state index contributed by atoms with van der Waals surface area (Å²) in [5, 5.41) is 6.02. The minimum atomic E-state index is -0.260. The van der Waals surface area contributed by atoms with Crippen molar-refractivity contribution in [2.45, 2.75) is 20.8 Å². The lowest BCUT2D eigenvalue weighted by molar-refractivity contribution is -0.114. The SMILES string of the molecule is CCNC(=NCCOc1cccc(NC(C)=O)c1)N1CCN(C(=O)OCC)CC1.I. The number of aliphatic imine (C=N–C) groups is 1. The molecule has 1 aliphatic heterocycles. The minimum absolute atomic E-state index is 0. The second-order valence-electron chi connectivity index (χ2n) is 6.47. The molecular formula is C20H32IN5O4. The van der Waals surface area contributed by atoms with Crippen LogP contribution in [0.1, 0.15) is 20.8 Å². The van der Waals surface area contributed by atoms with Crippen LogP contribution in [-0.4, -0.2) is 80.2 Å². The topological polar surface area (TPSA) is 95.5 Å². The van der Waals surface area contributed by atoms with Gasteiger partial charge in [-0.25, -0.2) is 9.79 Å². The predicted octanol–water partition coefficient (Wildman–Crippen LogP) is 2.38. The number of ether oxygens (including phenoxy) is 2. The van der Waals surface area contributed by atoms with E-state index < -0.39 is 0 Å². The largest absolute Gasteiger partial charge is 0.492 e. The van der Waals surface area contributed by atoms with Gasteiger partial charge >= 0.3 is 6.09 Å². The third-order valence-corrected chi connectivity index (χ3v) is 4.22. The summed E-state index contributed by atoms with van der Waals surface area (Å²) in [6.07, 6.45) is -0.260. The molecule has 1 aromatic rings. The maximum atomic E-state index is 11.8. The second kappa shape index (κ2) is 13.9. The normalized spacial score (nSPS) is 13.9. The van der Waals surface area contributed by atoms with E-state index in [9.17, 15) is 9.59 Å². The molecule has 1 saturated heterocycles. The lowest BCUT2D eigenvalue weighted by atomic mass is 10.3. The van der Waals surface area contributed by atoms with Crippen molar-refractivity contribution in [2.75, 3.05) is 57.8 Å². The fourth-order valence-electron chi connectivity index (χ4n) is 2.92. The molecule has 1 heterocycles. The van der Waals surface area contributed by atoms with Gasteiger partial charge in [0, 0.05) is 51.4 Å². The van der Waals surface area contributed by atoms with Crippen molar-refractivity contribution in [3.05, 3.63) is 24.3 Å². The first kappa shape index (κ1) is 25.8. The number of guanidine groups is 1. The average molecular weight is 533 g/mol. The lowest BCUT2D eigenvalue weighted by Crippen LogP contribution is -2.54. The van der Waals surface area contributed by atoms with E-state index in [1.165, 1.54) is 6.92 Å². The number of hydrogen-bond acceptors (Lipinski definition) is 5. The second-order valence-corrected chi connectivity index (χ2v) is 6.47. The zero-order valence-electron chi connectivity index (χ0n) is 17.8. The van der Waals surface area contributed by atoms with E-state index in [1.54, 1.807) is 11.0 Å². The van der Waals surface area contributed by atoms with Crippen molar-refractivity contribution >= 4 is 47.6 Å². The zero-order valence-corrected chi connectivity index (χ0v) is 20.2. The molecule has 0 atom stereocenters. The van der Waals surface area contributed by atoms with Crippen LogP contribution in [0.5, 0.6) is 5.75 Å². The summed E-state index contributed by atoms with van der Waals surface area (Å²) in [6.45, 7) is 9.97. The molecule has 0 unspecified atom stereocenters. The molecule has 0 spiro atoms. The standard InChI is InChI=1S/C20H31N5O4.HI/c1-4-21-19(24-10-12-25(13-11-24)20(27)28-5-2)22-9-14-29-18-8-6-7-17(15-18)23-16(3)26;/h6-8,15H,4-5,9-14H2,1-3H3,(H,21,22)(H,23,26);1H. The molecule has 1 aliphatic rings. The monoisotopic (exact) mass is 533 g/mol. The fourth-order valence-corrected chi connectivity index (χ4v) is 2.92. The Morgan fingerprint density at radius 3 is 2.47 bits per heavy atom. The van der Waals surface area contributed by atoms with Gasteiger partial charge in [-0.1, -0.05) is 6.07 Å². The number of benzene rings is 1. The molecule has 9 nitrogen and oxygen atoms in total. The van der Waals surface area contributed by atoms with E-state index in [0.717, 1.165) is 12.5 Å². The number of nitrogens with zero attached hydrogens (tertiary/aromatic N) is 3. The Bertz CT molecular complexity index is 708. The number of halogens is 1. The number of carbonyl (C=O) groups excluding carboxylic acids is 2.